The third-order valence-electron chi connectivity index (χ3n) is 1.31. The van der Waals surface area contributed by atoms with Crippen molar-refractivity contribution in [3.63, 3.8) is 0 Å². The molecule has 0 aliphatic heterocycles. The minimum Gasteiger partial charge on any atom is -0.0826 e. The fourth-order valence-electron chi connectivity index (χ4n) is 0.630. The van der Waals surface area contributed by atoms with E-state index in [0.29, 0.717) is 0 Å². The Hall–Kier alpha value is 0.730. The van der Waals surface area contributed by atoms with Gasteiger partial charge in [-0.15, -0.1) is 0 Å². The molecule has 0 aliphatic carbocycles. The minimum absolute atomic E-state index is 0.924. The van der Waals surface area contributed by atoms with Crippen molar-refractivity contribution >= 4 is 22.6 Å². The van der Waals surface area contributed by atoms with Crippen molar-refractivity contribution in [1.82, 2.24) is 0 Å². The SMILES string of the molecule is CCCC[C@@H](I)CC. The van der Waals surface area contributed by atoms with Crippen LogP contribution in [0.15, 0.2) is 0 Å². The van der Waals surface area contributed by atoms with Gasteiger partial charge in [-0.05, 0) is 12.8 Å². The lowest BCUT2D eigenvalue weighted by molar-refractivity contribution is 0.686. The van der Waals surface area contributed by atoms with E-state index in [1.54, 1.807) is 0 Å². The van der Waals surface area contributed by atoms with E-state index in [0.717, 1.165) is 3.92 Å². The first-order chi connectivity index (χ1) is 3.81. The molecular weight excluding hydrogens is 211 g/mol. The van der Waals surface area contributed by atoms with E-state index in [9.17, 15) is 0 Å². The summed E-state index contributed by atoms with van der Waals surface area (Å²) < 4.78 is 0.924. The van der Waals surface area contributed by atoms with Crippen LogP contribution in [-0.2, 0) is 0 Å². The highest BCUT2D eigenvalue weighted by Crippen LogP contribution is 2.12. The second-order valence-electron chi connectivity index (χ2n) is 2.15. The normalized spacial score (nSPS) is 13.9. The Labute approximate surface area is 66.2 Å². The standard InChI is InChI=1S/C7H15I/c1-3-5-6-7(8)4-2/h7H,3-6H2,1-2H3/t7-/m0/s1. The number of unbranched alkanes of at least 4 members (excludes halogenated alkanes) is 1. The average molecular weight is 226 g/mol. The van der Waals surface area contributed by atoms with Crippen molar-refractivity contribution < 1.29 is 0 Å². The Balaban J connectivity index is 2.86. The van der Waals surface area contributed by atoms with Crippen LogP contribution in [-0.4, -0.2) is 3.92 Å². The predicted octanol–water partition coefficient (Wildman–Crippen LogP) is 3.39. The highest BCUT2D eigenvalue weighted by Gasteiger charge is 1.96. The van der Waals surface area contributed by atoms with Gasteiger partial charge in [-0.1, -0.05) is 49.3 Å². The Morgan fingerprint density at radius 2 is 2.00 bits per heavy atom. The molecule has 0 N–H and O–H groups in total. The molecule has 0 heterocycles. The second kappa shape index (κ2) is 5.86. The van der Waals surface area contributed by atoms with Crippen LogP contribution in [0.5, 0.6) is 0 Å². The molecule has 0 unspecified atom stereocenters. The van der Waals surface area contributed by atoms with Crippen LogP contribution >= 0.6 is 22.6 Å². The first-order valence-corrected chi connectivity index (χ1v) is 4.69. The van der Waals surface area contributed by atoms with Gasteiger partial charge >= 0.3 is 0 Å². The molecule has 1 atom stereocenters. The molecule has 8 heavy (non-hydrogen) atoms. The van der Waals surface area contributed by atoms with Crippen LogP contribution in [0.4, 0.5) is 0 Å². The molecule has 0 radical (unpaired) electrons. The van der Waals surface area contributed by atoms with Crippen molar-refractivity contribution in [2.24, 2.45) is 0 Å². The Bertz CT molecular complexity index is 43.7. The van der Waals surface area contributed by atoms with Crippen molar-refractivity contribution in [2.75, 3.05) is 0 Å². The maximum absolute atomic E-state index is 2.53. The third-order valence-corrected chi connectivity index (χ3v) is 2.82. The summed E-state index contributed by atoms with van der Waals surface area (Å²) in [6, 6.07) is 0. The van der Waals surface area contributed by atoms with E-state index in [1.807, 2.05) is 0 Å². The molecule has 1 heteroatoms. The molecule has 0 amide bonds. The van der Waals surface area contributed by atoms with Crippen molar-refractivity contribution in [3.8, 4) is 0 Å². The zero-order chi connectivity index (χ0) is 6.41. The van der Waals surface area contributed by atoms with E-state index in [2.05, 4.69) is 36.4 Å². The zero-order valence-corrected chi connectivity index (χ0v) is 7.94. The summed E-state index contributed by atoms with van der Waals surface area (Å²) in [7, 11) is 0. The summed E-state index contributed by atoms with van der Waals surface area (Å²) in [5.41, 5.74) is 0. The molecule has 0 aromatic rings. The van der Waals surface area contributed by atoms with Gasteiger partial charge in [0.2, 0.25) is 0 Å². The van der Waals surface area contributed by atoms with E-state index in [4.69, 9.17) is 0 Å². The van der Waals surface area contributed by atoms with Crippen LogP contribution in [0.25, 0.3) is 0 Å². The zero-order valence-electron chi connectivity index (χ0n) is 5.78. The number of alkyl halides is 1. The average Bonchev–Trinajstić information content (AvgIpc) is 1.83. The van der Waals surface area contributed by atoms with E-state index in [-0.39, 0.29) is 0 Å². The summed E-state index contributed by atoms with van der Waals surface area (Å²) in [6.07, 6.45) is 5.50. The molecule has 0 aromatic heterocycles. The highest BCUT2D eigenvalue weighted by molar-refractivity contribution is 14.1. The quantitative estimate of drug-likeness (QED) is 0.509. The lowest BCUT2D eigenvalue weighted by Crippen LogP contribution is -1.92. The number of halogens is 1. The maximum atomic E-state index is 2.53. The minimum atomic E-state index is 0.924. The monoisotopic (exact) mass is 226 g/mol. The van der Waals surface area contributed by atoms with Crippen LogP contribution in [0.2, 0.25) is 0 Å². The van der Waals surface area contributed by atoms with Gasteiger partial charge in [-0.2, -0.15) is 0 Å². The van der Waals surface area contributed by atoms with Gasteiger partial charge in [-0.25, -0.2) is 0 Å². The summed E-state index contributed by atoms with van der Waals surface area (Å²) in [5, 5.41) is 0. The van der Waals surface area contributed by atoms with E-state index in [1.165, 1.54) is 25.7 Å². The molecule has 0 fully saturated rings. The predicted molar refractivity (Wildman–Crippen MR) is 47.6 cm³/mol. The van der Waals surface area contributed by atoms with Crippen LogP contribution in [0.1, 0.15) is 39.5 Å². The fourth-order valence-corrected chi connectivity index (χ4v) is 1.07. The fraction of sp³-hybridized carbons (Fsp3) is 1.00. The van der Waals surface area contributed by atoms with Gasteiger partial charge in [0.1, 0.15) is 0 Å². The summed E-state index contributed by atoms with van der Waals surface area (Å²) in [5.74, 6) is 0. The lowest BCUT2D eigenvalue weighted by atomic mass is 10.2. The first kappa shape index (κ1) is 8.73. The molecule has 0 saturated carbocycles. The lowest BCUT2D eigenvalue weighted by Gasteiger charge is -2.02. The van der Waals surface area contributed by atoms with Crippen molar-refractivity contribution in [3.05, 3.63) is 0 Å². The van der Waals surface area contributed by atoms with E-state index >= 15 is 0 Å². The molecule has 0 saturated heterocycles. The molecular formula is C7H15I. The molecule has 50 valence electrons. The van der Waals surface area contributed by atoms with Gasteiger partial charge in [0.05, 0.1) is 0 Å². The largest absolute Gasteiger partial charge is 0.0826 e. The summed E-state index contributed by atoms with van der Waals surface area (Å²) in [4.78, 5) is 0. The summed E-state index contributed by atoms with van der Waals surface area (Å²) in [6.45, 7) is 4.51. The van der Waals surface area contributed by atoms with Crippen molar-refractivity contribution in [2.45, 2.75) is 43.5 Å². The molecule has 0 nitrogen and oxygen atoms in total. The molecule has 0 rings (SSSR count). The van der Waals surface area contributed by atoms with Crippen LogP contribution < -0.4 is 0 Å². The Morgan fingerprint density at radius 1 is 1.38 bits per heavy atom. The first-order valence-electron chi connectivity index (χ1n) is 3.45. The van der Waals surface area contributed by atoms with Crippen molar-refractivity contribution in [1.29, 1.82) is 0 Å². The van der Waals surface area contributed by atoms with Gasteiger partial charge in [0.25, 0.3) is 0 Å². The molecule has 0 aromatic carbocycles. The van der Waals surface area contributed by atoms with Crippen LogP contribution in [0.3, 0.4) is 0 Å². The third kappa shape index (κ3) is 4.88. The topological polar surface area (TPSA) is 0 Å². The summed E-state index contributed by atoms with van der Waals surface area (Å²) >= 11 is 2.53. The van der Waals surface area contributed by atoms with Gasteiger partial charge in [0.15, 0.2) is 0 Å². The van der Waals surface area contributed by atoms with Gasteiger partial charge in [0, 0.05) is 3.92 Å². The highest BCUT2D eigenvalue weighted by atomic mass is 127. The Morgan fingerprint density at radius 3 is 2.38 bits per heavy atom. The Kier molecular flexibility index (Phi) is 6.39. The number of hydrogen-bond acceptors (Lipinski definition) is 0. The number of hydrogen-bond donors (Lipinski definition) is 0. The molecule has 0 aliphatic rings. The van der Waals surface area contributed by atoms with Gasteiger partial charge in [-0.3, -0.25) is 0 Å². The maximum Gasteiger partial charge on any atom is 0.0107 e. The second-order valence-corrected chi connectivity index (χ2v) is 3.91. The van der Waals surface area contributed by atoms with Gasteiger partial charge < -0.3 is 0 Å². The van der Waals surface area contributed by atoms with Crippen LogP contribution in [0, 0.1) is 0 Å². The number of rotatable bonds is 4. The smallest absolute Gasteiger partial charge is 0.0107 e. The van der Waals surface area contributed by atoms with E-state index < -0.39 is 0 Å². The molecule has 0 spiro atoms. The molecule has 0 bridgehead atoms.